The summed E-state index contributed by atoms with van der Waals surface area (Å²) in [6.45, 7) is 6.21. The monoisotopic (exact) mass is 239 g/mol. The lowest BCUT2D eigenvalue weighted by molar-refractivity contribution is 0.157. The van der Waals surface area contributed by atoms with Crippen molar-refractivity contribution in [2.45, 2.75) is 39.3 Å². The van der Waals surface area contributed by atoms with Crippen LogP contribution in [-0.4, -0.2) is 19.8 Å². The minimum atomic E-state index is 0.549. The lowest BCUT2D eigenvalue weighted by atomic mass is 10.2. The average molecular weight is 239 g/mol. The molecule has 0 aromatic carbocycles. The van der Waals surface area contributed by atoms with E-state index in [-0.39, 0.29) is 0 Å². The van der Waals surface area contributed by atoms with Crippen molar-refractivity contribution in [2.24, 2.45) is 5.92 Å². The van der Waals surface area contributed by atoms with E-state index >= 15 is 0 Å². The van der Waals surface area contributed by atoms with Crippen LogP contribution < -0.4 is 5.32 Å². The number of thiophene rings is 1. The molecular formula is C13H21NOS. The summed E-state index contributed by atoms with van der Waals surface area (Å²) in [5, 5.41) is 3.62. The fraction of sp³-hybridized carbons (Fsp3) is 0.692. The van der Waals surface area contributed by atoms with Crippen molar-refractivity contribution in [1.29, 1.82) is 0 Å². The van der Waals surface area contributed by atoms with Gasteiger partial charge in [0.15, 0.2) is 0 Å². The topological polar surface area (TPSA) is 21.3 Å². The molecule has 0 spiro atoms. The first-order valence-corrected chi connectivity index (χ1v) is 6.80. The molecule has 1 heterocycles. The van der Waals surface area contributed by atoms with Crippen LogP contribution in [0.2, 0.25) is 0 Å². The number of nitrogens with one attached hydrogen (secondary N) is 1. The van der Waals surface area contributed by atoms with E-state index in [9.17, 15) is 0 Å². The van der Waals surface area contributed by atoms with E-state index in [2.05, 4.69) is 25.2 Å². The number of hydrogen-bond donors (Lipinski definition) is 1. The molecule has 0 bridgehead atoms. The van der Waals surface area contributed by atoms with Gasteiger partial charge in [0, 0.05) is 29.5 Å². The predicted molar refractivity (Wildman–Crippen MR) is 69.0 cm³/mol. The molecule has 1 aliphatic carbocycles. The number of rotatable bonds is 6. The largest absolute Gasteiger partial charge is 0.383 e. The van der Waals surface area contributed by atoms with Gasteiger partial charge in [0.25, 0.3) is 0 Å². The molecule has 0 amide bonds. The number of aryl methyl sites for hydroxylation is 2. The Labute approximate surface area is 102 Å². The number of ether oxygens (including phenoxy) is 1. The second-order valence-corrected chi connectivity index (χ2v) is 6.07. The summed E-state index contributed by atoms with van der Waals surface area (Å²) in [6, 6.07) is 2.84. The molecule has 2 nitrogen and oxygen atoms in total. The van der Waals surface area contributed by atoms with Crippen molar-refractivity contribution in [3.05, 3.63) is 21.4 Å². The second-order valence-electron chi connectivity index (χ2n) is 4.73. The zero-order valence-electron chi connectivity index (χ0n) is 10.4. The average Bonchev–Trinajstić information content (AvgIpc) is 3.02. The van der Waals surface area contributed by atoms with Crippen molar-refractivity contribution in [2.75, 3.05) is 13.7 Å². The maximum atomic E-state index is 5.26. The van der Waals surface area contributed by atoms with Crippen LogP contribution >= 0.6 is 11.3 Å². The van der Waals surface area contributed by atoms with Gasteiger partial charge in [-0.05, 0) is 44.2 Å². The van der Waals surface area contributed by atoms with Gasteiger partial charge < -0.3 is 10.1 Å². The van der Waals surface area contributed by atoms with E-state index in [0.29, 0.717) is 6.04 Å². The van der Waals surface area contributed by atoms with E-state index in [1.165, 1.54) is 28.2 Å². The summed E-state index contributed by atoms with van der Waals surface area (Å²) in [6.07, 6.45) is 2.73. The highest BCUT2D eigenvalue weighted by molar-refractivity contribution is 7.12. The summed E-state index contributed by atoms with van der Waals surface area (Å²) in [5.74, 6) is 0.849. The first-order chi connectivity index (χ1) is 7.70. The molecule has 1 saturated carbocycles. The summed E-state index contributed by atoms with van der Waals surface area (Å²) < 4.78 is 5.26. The molecular weight excluding hydrogens is 218 g/mol. The Hall–Kier alpha value is -0.380. The third-order valence-electron chi connectivity index (χ3n) is 3.29. The van der Waals surface area contributed by atoms with E-state index in [1.54, 1.807) is 7.11 Å². The molecule has 90 valence electrons. The normalized spacial score (nSPS) is 17.7. The van der Waals surface area contributed by atoms with Crippen LogP contribution in [0.4, 0.5) is 0 Å². The Morgan fingerprint density at radius 2 is 2.25 bits per heavy atom. The Kier molecular flexibility index (Phi) is 4.00. The predicted octanol–water partition coefficient (Wildman–Crippen LogP) is 2.88. The Bertz CT molecular complexity index is 324. The summed E-state index contributed by atoms with van der Waals surface area (Å²) >= 11 is 1.90. The van der Waals surface area contributed by atoms with Crippen molar-refractivity contribution < 1.29 is 4.74 Å². The summed E-state index contributed by atoms with van der Waals surface area (Å²) in [7, 11) is 1.79. The lowest BCUT2D eigenvalue weighted by Crippen LogP contribution is -2.34. The van der Waals surface area contributed by atoms with Crippen molar-refractivity contribution in [3.63, 3.8) is 0 Å². The highest BCUT2D eigenvalue weighted by Gasteiger charge is 2.30. The van der Waals surface area contributed by atoms with Crippen LogP contribution in [0.3, 0.4) is 0 Å². The molecule has 0 saturated heterocycles. The van der Waals surface area contributed by atoms with E-state index in [1.807, 2.05) is 11.3 Å². The van der Waals surface area contributed by atoms with Gasteiger partial charge in [0.1, 0.15) is 0 Å². The first-order valence-electron chi connectivity index (χ1n) is 5.99. The van der Waals surface area contributed by atoms with Crippen LogP contribution in [0.25, 0.3) is 0 Å². The van der Waals surface area contributed by atoms with Gasteiger partial charge in [-0.1, -0.05) is 0 Å². The quantitative estimate of drug-likeness (QED) is 0.824. The molecule has 2 rings (SSSR count). The second kappa shape index (κ2) is 5.30. The van der Waals surface area contributed by atoms with Gasteiger partial charge in [-0.3, -0.25) is 0 Å². The van der Waals surface area contributed by atoms with Crippen LogP contribution in [-0.2, 0) is 11.3 Å². The highest BCUT2D eigenvalue weighted by Crippen LogP contribution is 2.33. The molecule has 0 aliphatic heterocycles. The van der Waals surface area contributed by atoms with Crippen LogP contribution in [0.5, 0.6) is 0 Å². The zero-order valence-corrected chi connectivity index (χ0v) is 11.2. The van der Waals surface area contributed by atoms with Gasteiger partial charge in [-0.25, -0.2) is 0 Å². The molecule has 1 aliphatic rings. The van der Waals surface area contributed by atoms with Gasteiger partial charge in [0.05, 0.1) is 6.61 Å². The van der Waals surface area contributed by atoms with Gasteiger partial charge in [0.2, 0.25) is 0 Å². The molecule has 1 fully saturated rings. The summed E-state index contributed by atoms with van der Waals surface area (Å²) in [5.41, 5.74) is 1.41. The van der Waals surface area contributed by atoms with Gasteiger partial charge >= 0.3 is 0 Å². The Morgan fingerprint density at radius 1 is 1.50 bits per heavy atom. The molecule has 1 atom stereocenters. The molecule has 1 aromatic rings. The van der Waals surface area contributed by atoms with Crippen molar-refractivity contribution in [3.8, 4) is 0 Å². The fourth-order valence-corrected chi connectivity index (χ4v) is 3.01. The lowest BCUT2D eigenvalue weighted by Gasteiger charge is -2.16. The van der Waals surface area contributed by atoms with Crippen molar-refractivity contribution >= 4 is 11.3 Å². The van der Waals surface area contributed by atoms with E-state index in [4.69, 9.17) is 4.74 Å². The fourth-order valence-electron chi connectivity index (χ4n) is 2.01. The molecule has 3 heteroatoms. The van der Waals surface area contributed by atoms with Crippen LogP contribution in [0, 0.1) is 19.8 Å². The minimum Gasteiger partial charge on any atom is -0.383 e. The standard InChI is InChI=1S/C13H21NOS/c1-9-6-12(16-10(9)2)7-14-13(8-15-3)11-4-5-11/h6,11,13-14H,4-5,7-8H2,1-3H3. The van der Waals surface area contributed by atoms with Crippen LogP contribution in [0.1, 0.15) is 28.2 Å². The number of methoxy groups -OCH3 is 1. The minimum absolute atomic E-state index is 0.549. The highest BCUT2D eigenvalue weighted by atomic mass is 32.1. The van der Waals surface area contributed by atoms with Crippen molar-refractivity contribution in [1.82, 2.24) is 5.32 Å². The molecule has 1 N–H and O–H groups in total. The SMILES string of the molecule is COCC(NCc1cc(C)c(C)s1)C1CC1. The van der Waals surface area contributed by atoms with Crippen LogP contribution in [0.15, 0.2) is 6.07 Å². The summed E-state index contributed by atoms with van der Waals surface area (Å²) in [4.78, 5) is 2.88. The maximum absolute atomic E-state index is 5.26. The van der Waals surface area contributed by atoms with E-state index < -0.39 is 0 Å². The van der Waals surface area contributed by atoms with E-state index in [0.717, 1.165) is 19.1 Å². The maximum Gasteiger partial charge on any atom is 0.0618 e. The smallest absolute Gasteiger partial charge is 0.0618 e. The first kappa shape index (κ1) is 12.1. The van der Waals surface area contributed by atoms with Gasteiger partial charge in [-0.15, -0.1) is 11.3 Å². The number of hydrogen-bond acceptors (Lipinski definition) is 3. The third kappa shape index (κ3) is 3.06. The Morgan fingerprint density at radius 3 is 2.75 bits per heavy atom. The van der Waals surface area contributed by atoms with Gasteiger partial charge in [-0.2, -0.15) is 0 Å². The molecule has 1 unspecified atom stereocenters. The zero-order chi connectivity index (χ0) is 11.5. The molecule has 1 aromatic heterocycles. The molecule has 0 radical (unpaired) electrons. The molecule has 16 heavy (non-hydrogen) atoms. The third-order valence-corrected chi connectivity index (χ3v) is 4.45. The Balaban J connectivity index is 1.84.